The number of fused-ring (bicyclic) bond motifs is 1. The molecule has 0 atom stereocenters. The molecule has 3 rings (SSSR count). The normalized spacial score (nSPS) is 10.5. The number of ether oxygens (including phenoxy) is 3. The van der Waals surface area contributed by atoms with Crippen LogP contribution in [0.25, 0.3) is 10.9 Å². The van der Waals surface area contributed by atoms with Crippen molar-refractivity contribution in [2.24, 2.45) is 0 Å². The van der Waals surface area contributed by atoms with E-state index >= 15 is 0 Å². The van der Waals surface area contributed by atoms with Crippen molar-refractivity contribution >= 4 is 28.5 Å². The van der Waals surface area contributed by atoms with Gasteiger partial charge in [0.1, 0.15) is 11.5 Å². The molecule has 29 heavy (non-hydrogen) atoms. The number of pyridine rings is 1. The van der Waals surface area contributed by atoms with E-state index in [0.717, 1.165) is 16.8 Å². The first-order valence-corrected chi connectivity index (χ1v) is 8.98. The Kier molecular flexibility index (Phi) is 5.97. The van der Waals surface area contributed by atoms with Crippen molar-refractivity contribution < 1.29 is 23.8 Å². The number of methoxy groups -OCH3 is 2. The van der Waals surface area contributed by atoms with E-state index in [-0.39, 0.29) is 18.2 Å². The van der Waals surface area contributed by atoms with Gasteiger partial charge >= 0.3 is 5.97 Å². The predicted octanol–water partition coefficient (Wildman–Crippen LogP) is 3.66. The third-order valence-electron chi connectivity index (χ3n) is 4.39. The number of amides is 1. The van der Waals surface area contributed by atoms with Crippen LogP contribution < -0.4 is 14.8 Å². The summed E-state index contributed by atoms with van der Waals surface area (Å²) in [5, 5.41) is 3.45. The Bertz CT molecular complexity index is 1080. The highest BCUT2D eigenvalue weighted by atomic mass is 16.5. The number of nitrogens with one attached hydrogen (secondary N) is 1. The molecule has 2 aromatic carbocycles. The third-order valence-corrected chi connectivity index (χ3v) is 4.39. The Hall–Kier alpha value is -3.61. The molecule has 1 aromatic heterocycles. The zero-order valence-electron chi connectivity index (χ0n) is 16.7. The molecular formula is C22H22N2O5. The smallest absolute Gasteiger partial charge is 0.356 e. The molecule has 3 aromatic rings. The Morgan fingerprint density at radius 2 is 1.83 bits per heavy atom. The zero-order valence-corrected chi connectivity index (χ0v) is 16.7. The summed E-state index contributed by atoms with van der Waals surface area (Å²) in [5.41, 5.74) is 3.42. The first kappa shape index (κ1) is 20.1. The minimum Gasteiger partial charge on any atom is -0.497 e. The molecule has 0 unspecified atom stereocenters. The Labute approximate surface area is 168 Å². The standard InChI is InChI=1S/C22H22N2O5/c1-13-5-7-17(14(2)9-13)24-21(25)12-29-20-11-19(22(26)28-4)23-18-8-6-15(27-3)10-16(18)20/h5-11H,12H2,1-4H3,(H,24,25). The number of rotatable bonds is 6. The van der Waals surface area contributed by atoms with Crippen LogP contribution in [0.2, 0.25) is 0 Å². The lowest BCUT2D eigenvalue weighted by atomic mass is 10.1. The summed E-state index contributed by atoms with van der Waals surface area (Å²) < 4.78 is 15.7. The molecule has 7 heteroatoms. The van der Waals surface area contributed by atoms with Crippen LogP contribution in [0.5, 0.6) is 11.5 Å². The molecule has 7 nitrogen and oxygen atoms in total. The molecular weight excluding hydrogens is 372 g/mol. The van der Waals surface area contributed by atoms with E-state index in [0.29, 0.717) is 22.4 Å². The highest BCUT2D eigenvalue weighted by Gasteiger charge is 2.15. The Morgan fingerprint density at radius 3 is 2.52 bits per heavy atom. The van der Waals surface area contributed by atoms with Crippen LogP contribution in [-0.2, 0) is 9.53 Å². The molecule has 0 aliphatic heterocycles. The monoisotopic (exact) mass is 394 g/mol. The zero-order chi connectivity index (χ0) is 21.0. The molecule has 0 fully saturated rings. The summed E-state index contributed by atoms with van der Waals surface area (Å²) in [6, 6.07) is 12.4. The SMILES string of the molecule is COC(=O)c1cc(OCC(=O)Nc2ccc(C)cc2C)c2cc(OC)ccc2n1. The summed E-state index contributed by atoms with van der Waals surface area (Å²) in [5.74, 6) is 0.0384. The summed E-state index contributed by atoms with van der Waals surface area (Å²) in [6.07, 6.45) is 0. The first-order chi connectivity index (χ1) is 13.9. The fourth-order valence-corrected chi connectivity index (χ4v) is 2.91. The number of carbonyl (C=O) groups is 2. The lowest BCUT2D eigenvalue weighted by Gasteiger charge is -2.13. The number of aryl methyl sites for hydroxylation is 2. The van der Waals surface area contributed by atoms with E-state index in [2.05, 4.69) is 10.3 Å². The number of aromatic nitrogens is 1. The second-order valence-corrected chi connectivity index (χ2v) is 6.54. The largest absolute Gasteiger partial charge is 0.497 e. The highest BCUT2D eigenvalue weighted by Crippen LogP contribution is 2.29. The van der Waals surface area contributed by atoms with Crippen molar-refractivity contribution in [3.63, 3.8) is 0 Å². The molecule has 0 spiro atoms. The average molecular weight is 394 g/mol. The van der Waals surface area contributed by atoms with Crippen LogP contribution >= 0.6 is 0 Å². The number of esters is 1. The molecule has 0 saturated heterocycles. The quantitative estimate of drug-likeness (QED) is 0.642. The fraction of sp³-hybridized carbons (Fsp3) is 0.227. The average Bonchev–Trinajstić information content (AvgIpc) is 2.72. The van der Waals surface area contributed by atoms with E-state index in [1.165, 1.54) is 13.2 Å². The van der Waals surface area contributed by atoms with Gasteiger partial charge in [-0.1, -0.05) is 17.7 Å². The topological polar surface area (TPSA) is 86.8 Å². The van der Waals surface area contributed by atoms with Crippen molar-refractivity contribution in [2.45, 2.75) is 13.8 Å². The van der Waals surface area contributed by atoms with Crippen molar-refractivity contribution in [2.75, 3.05) is 26.1 Å². The summed E-state index contributed by atoms with van der Waals surface area (Å²) >= 11 is 0. The van der Waals surface area contributed by atoms with Crippen LogP contribution in [0.4, 0.5) is 5.69 Å². The predicted molar refractivity (Wildman–Crippen MR) is 110 cm³/mol. The summed E-state index contributed by atoms with van der Waals surface area (Å²) in [4.78, 5) is 28.6. The third kappa shape index (κ3) is 4.63. The van der Waals surface area contributed by atoms with Gasteiger partial charge in [-0.3, -0.25) is 4.79 Å². The lowest BCUT2D eigenvalue weighted by molar-refractivity contribution is -0.118. The molecule has 0 radical (unpaired) electrons. The Balaban J connectivity index is 1.85. The first-order valence-electron chi connectivity index (χ1n) is 8.98. The molecule has 1 amide bonds. The lowest BCUT2D eigenvalue weighted by Crippen LogP contribution is -2.21. The molecule has 1 N–H and O–H groups in total. The van der Waals surface area contributed by atoms with E-state index in [9.17, 15) is 9.59 Å². The van der Waals surface area contributed by atoms with Gasteiger partial charge in [-0.2, -0.15) is 0 Å². The number of benzene rings is 2. The van der Waals surface area contributed by atoms with E-state index in [1.54, 1.807) is 25.3 Å². The Morgan fingerprint density at radius 1 is 1.03 bits per heavy atom. The van der Waals surface area contributed by atoms with Crippen LogP contribution in [0.3, 0.4) is 0 Å². The van der Waals surface area contributed by atoms with E-state index in [4.69, 9.17) is 14.2 Å². The molecule has 0 saturated carbocycles. The number of hydrogen-bond acceptors (Lipinski definition) is 6. The van der Waals surface area contributed by atoms with Gasteiger partial charge < -0.3 is 19.5 Å². The molecule has 0 aliphatic carbocycles. The molecule has 150 valence electrons. The minimum atomic E-state index is -0.590. The van der Waals surface area contributed by atoms with Gasteiger partial charge in [-0.15, -0.1) is 0 Å². The summed E-state index contributed by atoms with van der Waals surface area (Å²) in [7, 11) is 2.83. The van der Waals surface area contributed by atoms with Crippen LogP contribution in [0, 0.1) is 13.8 Å². The van der Waals surface area contributed by atoms with Crippen molar-refractivity contribution in [3.05, 3.63) is 59.3 Å². The van der Waals surface area contributed by atoms with Crippen LogP contribution in [0.1, 0.15) is 21.6 Å². The highest BCUT2D eigenvalue weighted by molar-refractivity contribution is 5.96. The maximum Gasteiger partial charge on any atom is 0.356 e. The van der Waals surface area contributed by atoms with Gasteiger partial charge in [0.2, 0.25) is 0 Å². The number of carbonyl (C=O) groups excluding carboxylic acids is 2. The summed E-state index contributed by atoms with van der Waals surface area (Å²) in [6.45, 7) is 3.68. The van der Waals surface area contributed by atoms with Gasteiger partial charge in [-0.05, 0) is 43.7 Å². The van der Waals surface area contributed by atoms with Crippen molar-refractivity contribution in [1.82, 2.24) is 4.98 Å². The van der Waals surface area contributed by atoms with Gasteiger partial charge in [0, 0.05) is 17.1 Å². The maximum atomic E-state index is 12.4. The van der Waals surface area contributed by atoms with Crippen LogP contribution in [-0.4, -0.2) is 37.7 Å². The van der Waals surface area contributed by atoms with Gasteiger partial charge in [0.05, 0.1) is 19.7 Å². The second-order valence-electron chi connectivity index (χ2n) is 6.54. The number of nitrogens with zero attached hydrogens (tertiary/aromatic N) is 1. The van der Waals surface area contributed by atoms with E-state index < -0.39 is 5.97 Å². The van der Waals surface area contributed by atoms with Crippen molar-refractivity contribution in [1.29, 1.82) is 0 Å². The minimum absolute atomic E-state index is 0.0926. The van der Waals surface area contributed by atoms with Crippen LogP contribution in [0.15, 0.2) is 42.5 Å². The number of anilines is 1. The van der Waals surface area contributed by atoms with E-state index in [1.807, 2.05) is 32.0 Å². The molecule has 0 aliphatic rings. The molecule has 1 heterocycles. The van der Waals surface area contributed by atoms with Crippen molar-refractivity contribution in [3.8, 4) is 11.5 Å². The van der Waals surface area contributed by atoms with Gasteiger partial charge in [-0.25, -0.2) is 9.78 Å². The molecule has 0 bridgehead atoms. The van der Waals surface area contributed by atoms with Gasteiger partial charge in [0.25, 0.3) is 5.91 Å². The number of hydrogen-bond donors (Lipinski definition) is 1. The fourth-order valence-electron chi connectivity index (χ4n) is 2.91. The van der Waals surface area contributed by atoms with Gasteiger partial charge in [0.15, 0.2) is 12.3 Å². The maximum absolute atomic E-state index is 12.4. The second kappa shape index (κ2) is 8.60.